The third-order valence-corrected chi connectivity index (χ3v) is 5.37. The van der Waals surface area contributed by atoms with Crippen LogP contribution in [0.25, 0.3) is 10.9 Å². The first kappa shape index (κ1) is 16.7. The zero-order valence-electron chi connectivity index (χ0n) is 13.4. The molecule has 1 fully saturated rings. The molecular formula is C17H20N2O4S. The summed E-state index contributed by atoms with van der Waals surface area (Å²) >= 11 is 1.70. The average Bonchev–Trinajstić information content (AvgIpc) is 2.96. The van der Waals surface area contributed by atoms with E-state index in [0.717, 1.165) is 28.0 Å². The molecule has 24 heavy (non-hydrogen) atoms. The van der Waals surface area contributed by atoms with E-state index in [-0.39, 0.29) is 24.8 Å². The van der Waals surface area contributed by atoms with Crippen LogP contribution < -0.4 is 4.74 Å². The summed E-state index contributed by atoms with van der Waals surface area (Å²) in [5.74, 6) is 1.39. The van der Waals surface area contributed by atoms with Crippen LogP contribution in [0, 0.1) is 0 Å². The number of fused-ring (bicyclic) bond motifs is 1. The molecule has 2 N–H and O–H groups in total. The molecule has 1 amide bonds. The second-order valence-corrected chi connectivity index (χ2v) is 6.97. The van der Waals surface area contributed by atoms with Crippen molar-refractivity contribution in [3.05, 3.63) is 30.0 Å². The molecule has 0 aliphatic carbocycles. The number of hydrogen-bond acceptors (Lipinski definition) is 4. The van der Waals surface area contributed by atoms with E-state index in [1.54, 1.807) is 23.8 Å². The minimum atomic E-state index is -0.864. The van der Waals surface area contributed by atoms with Crippen LogP contribution in [-0.2, 0) is 16.0 Å². The molecule has 1 aliphatic heterocycles. The van der Waals surface area contributed by atoms with Crippen LogP contribution in [0.2, 0.25) is 0 Å². The Morgan fingerprint density at radius 1 is 1.46 bits per heavy atom. The van der Waals surface area contributed by atoms with Gasteiger partial charge in [0, 0.05) is 35.2 Å². The van der Waals surface area contributed by atoms with E-state index in [0.29, 0.717) is 12.3 Å². The summed E-state index contributed by atoms with van der Waals surface area (Å²) in [7, 11) is 1.61. The third-order valence-electron chi connectivity index (χ3n) is 4.27. The van der Waals surface area contributed by atoms with Crippen molar-refractivity contribution in [3.63, 3.8) is 0 Å². The highest BCUT2D eigenvalue weighted by atomic mass is 32.2. The Hall–Kier alpha value is -2.15. The number of aliphatic carboxylic acids is 1. The maximum atomic E-state index is 12.7. The van der Waals surface area contributed by atoms with Crippen molar-refractivity contribution in [2.75, 3.05) is 25.2 Å². The smallest absolute Gasteiger partial charge is 0.305 e. The van der Waals surface area contributed by atoms with Crippen LogP contribution in [0.4, 0.5) is 0 Å². The van der Waals surface area contributed by atoms with Crippen LogP contribution in [-0.4, -0.2) is 58.1 Å². The van der Waals surface area contributed by atoms with E-state index in [2.05, 4.69) is 4.98 Å². The quantitative estimate of drug-likeness (QED) is 0.865. The van der Waals surface area contributed by atoms with Gasteiger partial charge in [-0.1, -0.05) is 0 Å². The Kier molecular flexibility index (Phi) is 4.99. The molecule has 0 spiro atoms. The molecule has 6 nitrogen and oxygen atoms in total. The zero-order chi connectivity index (χ0) is 17.1. The van der Waals surface area contributed by atoms with Crippen molar-refractivity contribution in [1.82, 2.24) is 9.88 Å². The van der Waals surface area contributed by atoms with Crippen LogP contribution in [0.1, 0.15) is 12.0 Å². The van der Waals surface area contributed by atoms with E-state index in [1.807, 2.05) is 24.4 Å². The molecule has 128 valence electrons. The second kappa shape index (κ2) is 7.17. The summed E-state index contributed by atoms with van der Waals surface area (Å²) in [4.78, 5) is 28.7. The number of H-pyrrole nitrogens is 1. The summed E-state index contributed by atoms with van der Waals surface area (Å²) in [6, 6.07) is 5.48. The molecule has 1 aromatic carbocycles. The van der Waals surface area contributed by atoms with Crippen LogP contribution in [0.5, 0.6) is 5.75 Å². The maximum absolute atomic E-state index is 12.7. The maximum Gasteiger partial charge on any atom is 0.305 e. The predicted octanol–water partition coefficient (Wildman–Crippen LogP) is 2.14. The van der Waals surface area contributed by atoms with Gasteiger partial charge in [0.1, 0.15) is 5.75 Å². The van der Waals surface area contributed by atoms with Gasteiger partial charge in [-0.25, -0.2) is 0 Å². The molecule has 0 bridgehead atoms. The summed E-state index contributed by atoms with van der Waals surface area (Å²) in [6.07, 6.45) is 2.10. The van der Waals surface area contributed by atoms with E-state index < -0.39 is 5.97 Å². The standard InChI is InChI=1S/C17H20N2O4S/c1-23-13-2-3-15-14(8-13)11(9-18-15)6-16(20)19-4-5-24-10-12(19)7-17(21)22/h2-3,8-9,12,18H,4-7,10H2,1H3,(H,21,22). The van der Waals surface area contributed by atoms with Crippen LogP contribution >= 0.6 is 11.8 Å². The van der Waals surface area contributed by atoms with Gasteiger partial charge in [-0.3, -0.25) is 9.59 Å². The van der Waals surface area contributed by atoms with Crippen molar-refractivity contribution in [2.24, 2.45) is 0 Å². The number of nitrogens with one attached hydrogen (secondary N) is 1. The summed E-state index contributed by atoms with van der Waals surface area (Å²) in [5, 5.41) is 10.0. The fourth-order valence-electron chi connectivity index (χ4n) is 3.05. The number of methoxy groups -OCH3 is 1. The monoisotopic (exact) mass is 348 g/mol. The molecule has 1 aliphatic rings. The number of carboxylic acids is 1. The van der Waals surface area contributed by atoms with Gasteiger partial charge >= 0.3 is 5.97 Å². The minimum absolute atomic E-state index is 0.000444. The second-order valence-electron chi connectivity index (χ2n) is 5.82. The normalized spacial score (nSPS) is 17.9. The highest BCUT2D eigenvalue weighted by Gasteiger charge is 2.29. The fourth-order valence-corrected chi connectivity index (χ4v) is 4.11. The summed E-state index contributed by atoms with van der Waals surface area (Å²) in [6.45, 7) is 0.604. The van der Waals surface area contributed by atoms with E-state index >= 15 is 0 Å². The van der Waals surface area contributed by atoms with Crippen molar-refractivity contribution in [1.29, 1.82) is 0 Å². The lowest BCUT2D eigenvalue weighted by atomic mass is 10.1. The molecule has 1 saturated heterocycles. The number of aromatic amines is 1. The number of carbonyl (C=O) groups is 2. The highest BCUT2D eigenvalue weighted by Crippen LogP contribution is 2.26. The molecule has 7 heteroatoms. The molecule has 1 aromatic heterocycles. The van der Waals surface area contributed by atoms with Gasteiger partial charge in [0.25, 0.3) is 0 Å². The number of carbonyl (C=O) groups excluding carboxylic acids is 1. The summed E-state index contributed by atoms with van der Waals surface area (Å²) < 4.78 is 5.25. The first-order chi connectivity index (χ1) is 11.6. The zero-order valence-corrected chi connectivity index (χ0v) is 14.3. The lowest BCUT2D eigenvalue weighted by molar-refractivity contribution is -0.140. The van der Waals surface area contributed by atoms with Crippen molar-refractivity contribution in [2.45, 2.75) is 18.9 Å². The third kappa shape index (κ3) is 3.51. The number of amides is 1. The van der Waals surface area contributed by atoms with E-state index in [9.17, 15) is 9.59 Å². The Morgan fingerprint density at radius 3 is 3.04 bits per heavy atom. The van der Waals surface area contributed by atoms with Gasteiger partial charge < -0.3 is 19.7 Å². The van der Waals surface area contributed by atoms with Gasteiger partial charge in [-0.05, 0) is 23.8 Å². The Balaban J connectivity index is 1.79. The Labute approximate surface area is 144 Å². The molecule has 0 radical (unpaired) electrons. The molecule has 3 rings (SSSR count). The van der Waals surface area contributed by atoms with Crippen molar-refractivity contribution >= 4 is 34.5 Å². The molecule has 0 saturated carbocycles. The number of rotatable bonds is 5. The van der Waals surface area contributed by atoms with Gasteiger partial charge in [0.15, 0.2) is 0 Å². The topological polar surface area (TPSA) is 82.6 Å². The van der Waals surface area contributed by atoms with Crippen LogP contribution in [0.15, 0.2) is 24.4 Å². The fraction of sp³-hybridized carbons (Fsp3) is 0.412. The van der Waals surface area contributed by atoms with Gasteiger partial charge in [0.05, 0.1) is 26.0 Å². The molecule has 2 aromatic rings. The number of benzene rings is 1. The van der Waals surface area contributed by atoms with Gasteiger partial charge in [0.2, 0.25) is 5.91 Å². The lowest BCUT2D eigenvalue weighted by Gasteiger charge is -2.34. The number of hydrogen-bond donors (Lipinski definition) is 2. The van der Waals surface area contributed by atoms with E-state index in [1.165, 1.54) is 0 Å². The Bertz CT molecular complexity index is 758. The molecule has 1 atom stereocenters. The SMILES string of the molecule is COc1ccc2[nH]cc(CC(=O)N3CCSCC3CC(=O)O)c2c1. The number of aromatic nitrogens is 1. The number of carboxylic acid groups (broad SMARTS) is 1. The van der Waals surface area contributed by atoms with Crippen molar-refractivity contribution < 1.29 is 19.4 Å². The number of nitrogens with zero attached hydrogens (tertiary/aromatic N) is 1. The van der Waals surface area contributed by atoms with Crippen LogP contribution in [0.3, 0.4) is 0 Å². The predicted molar refractivity (Wildman–Crippen MR) is 93.6 cm³/mol. The van der Waals surface area contributed by atoms with Gasteiger partial charge in [-0.2, -0.15) is 11.8 Å². The highest BCUT2D eigenvalue weighted by molar-refractivity contribution is 7.99. The molecule has 2 heterocycles. The largest absolute Gasteiger partial charge is 0.497 e. The number of thioether (sulfide) groups is 1. The van der Waals surface area contributed by atoms with Gasteiger partial charge in [-0.15, -0.1) is 0 Å². The first-order valence-electron chi connectivity index (χ1n) is 7.81. The minimum Gasteiger partial charge on any atom is -0.497 e. The summed E-state index contributed by atoms with van der Waals surface area (Å²) in [5.41, 5.74) is 1.86. The Morgan fingerprint density at radius 2 is 2.29 bits per heavy atom. The molecular weight excluding hydrogens is 328 g/mol. The first-order valence-corrected chi connectivity index (χ1v) is 8.97. The van der Waals surface area contributed by atoms with E-state index in [4.69, 9.17) is 9.84 Å². The van der Waals surface area contributed by atoms with Crippen molar-refractivity contribution in [3.8, 4) is 5.75 Å². The average molecular weight is 348 g/mol. The number of ether oxygens (including phenoxy) is 1. The lowest BCUT2D eigenvalue weighted by Crippen LogP contribution is -2.47. The molecule has 1 unspecified atom stereocenters.